The van der Waals surface area contributed by atoms with Crippen molar-refractivity contribution in [3.05, 3.63) is 94.7 Å². The maximum Gasteiger partial charge on any atom is 0.336 e. The summed E-state index contributed by atoms with van der Waals surface area (Å²) in [5, 5.41) is 10.9. The van der Waals surface area contributed by atoms with Crippen LogP contribution in [-0.2, 0) is 23.1 Å². The van der Waals surface area contributed by atoms with Crippen molar-refractivity contribution >= 4 is 26.9 Å². The van der Waals surface area contributed by atoms with E-state index in [-0.39, 0.29) is 11.6 Å². The summed E-state index contributed by atoms with van der Waals surface area (Å²) in [4.78, 5) is 17.6. The van der Waals surface area contributed by atoms with E-state index in [0.29, 0.717) is 24.2 Å². The van der Waals surface area contributed by atoms with E-state index in [1.807, 2.05) is 42.6 Å². The summed E-state index contributed by atoms with van der Waals surface area (Å²) in [7, 11) is -3.13. The third-order valence-corrected chi connectivity index (χ3v) is 8.48. The van der Waals surface area contributed by atoms with Crippen LogP contribution in [0.1, 0.15) is 32.6 Å². The van der Waals surface area contributed by atoms with Crippen LogP contribution < -0.4 is 0 Å². The lowest BCUT2D eigenvalue weighted by molar-refractivity contribution is 0.0697. The Kier molecular flexibility index (Phi) is 5.64. The highest BCUT2D eigenvalue weighted by Crippen LogP contribution is 2.31. The molecule has 2 aliphatic heterocycles. The second kappa shape index (κ2) is 8.89. The first-order chi connectivity index (χ1) is 17.8. The van der Waals surface area contributed by atoms with E-state index in [2.05, 4.69) is 33.9 Å². The van der Waals surface area contributed by atoms with Gasteiger partial charge in [-0.05, 0) is 58.5 Å². The minimum atomic E-state index is -3.13. The maximum absolute atomic E-state index is 12.1. The van der Waals surface area contributed by atoms with Gasteiger partial charge in [-0.25, -0.2) is 13.2 Å². The Morgan fingerprint density at radius 3 is 2.59 bits per heavy atom. The Hall–Kier alpha value is -3.90. The number of hydrogen-bond donors (Lipinski definition) is 2. The summed E-state index contributed by atoms with van der Waals surface area (Å²) in [6.45, 7) is 2.65. The molecule has 3 heterocycles. The Morgan fingerprint density at radius 1 is 1.00 bits per heavy atom. The molecule has 6 rings (SSSR count). The highest BCUT2D eigenvalue weighted by molar-refractivity contribution is 7.88. The highest BCUT2D eigenvalue weighted by Gasteiger charge is 2.38. The maximum atomic E-state index is 12.1. The molecule has 0 bridgehead atoms. The Morgan fingerprint density at radius 2 is 1.81 bits per heavy atom. The average Bonchev–Trinajstić information content (AvgIpc) is 3.46. The number of aromatic nitrogens is 1. The SMILES string of the molecule is CS(=O)(=O)N1CC(N2Cc3ccc(C#Cc4cccc(C(=O)O)c4-c4ccc5cc[nH]c5c4)cc3C2)C1. The van der Waals surface area contributed by atoms with Crippen molar-refractivity contribution in [1.82, 2.24) is 14.2 Å². The lowest BCUT2D eigenvalue weighted by Gasteiger charge is -2.42. The molecule has 0 unspecified atom stereocenters. The molecule has 1 saturated heterocycles. The molecule has 2 aliphatic rings. The fourth-order valence-electron chi connectivity index (χ4n) is 5.16. The normalized spacial score (nSPS) is 16.2. The molecular formula is C29H25N3O4S. The number of aromatic amines is 1. The number of nitrogens with one attached hydrogen (secondary N) is 1. The number of nitrogens with zero attached hydrogens (tertiary/aromatic N) is 2. The number of H-pyrrole nitrogens is 1. The van der Waals surface area contributed by atoms with Crippen LogP contribution in [0.3, 0.4) is 0 Å². The Balaban J connectivity index is 1.28. The third-order valence-electron chi connectivity index (χ3n) is 7.25. The van der Waals surface area contributed by atoms with Gasteiger partial charge in [0.05, 0.1) is 11.8 Å². The zero-order chi connectivity index (χ0) is 25.7. The molecule has 4 aromatic rings. The minimum absolute atomic E-state index is 0.214. The topological polar surface area (TPSA) is 93.7 Å². The van der Waals surface area contributed by atoms with Crippen molar-refractivity contribution in [2.75, 3.05) is 19.3 Å². The van der Waals surface area contributed by atoms with Gasteiger partial charge in [-0.3, -0.25) is 4.90 Å². The van der Waals surface area contributed by atoms with Crippen LogP contribution in [0.4, 0.5) is 0 Å². The van der Waals surface area contributed by atoms with Crippen molar-refractivity contribution < 1.29 is 18.3 Å². The fourth-order valence-corrected chi connectivity index (χ4v) is 6.05. The molecular weight excluding hydrogens is 486 g/mol. The molecule has 0 saturated carbocycles. The van der Waals surface area contributed by atoms with E-state index in [9.17, 15) is 18.3 Å². The first kappa shape index (κ1) is 23.5. The predicted octanol–water partition coefficient (Wildman–Crippen LogP) is 3.89. The molecule has 0 spiro atoms. The summed E-state index contributed by atoms with van der Waals surface area (Å²) in [5.74, 6) is 5.47. The smallest absolute Gasteiger partial charge is 0.336 e. The van der Waals surface area contributed by atoms with Crippen LogP contribution in [0.15, 0.2) is 66.9 Å². The van der Waals surface area contributed by atoms with Crippen molar-refractivity contribution in [2.24, 2.45) is 0 Å². The van der Waals surface area contributed by atoms with Crippen LogP contribution >= 0.6 is 0 Å². The zero-order valence-electron chi connectivity index (χ0n) is 20.2. The summed E-state index contributed by atoms with van der Waals surface area (Å²) in [6.07, 6.45) is 3.11. The van der Waals surface area contributed by atoms with E-state index in [1.54, 1.807) is 12.1 Å². The van der Waals surface area contributed by atoms with Crippen LogP contribution in [0.2, 0.25) is 0 Å². The van der Waals surface area contributed by atoms with E-state index < -0.39 is 16.0 Å². The van der Waals surface area contributed by atoms with Gasteiger partial charge in [0, 0.05) is 60.6 Å². The number of carbonyl (C=O) groups is 1. The van der Waals surface area contributed by atoms with Gasteiger partial charge in [-0.15, -0.1) is 0 Å². The van der Waals surface area contributed by atoms with Gasteiger partial charge in [0.1, 0.15) is 0 Å². The molecule has 186 valence electrons. The Labute approximate surface area is 215 Å². The van der Waals surface area contributed by atoms with Gasteiger partial charge in [-0.1, -0.05) is 36.1 Å². The van der Waals surface area contributed by atoms with Gasteiger partial charge < -0.3 is 10.1 Å². The largest absolute Gasteiger partial charge is 0.478 e. The lowest BCUT2D eigenvalue weighted by atomic mass is 9.93. The number of hydrogen-bond acceptors (Lipinski definition) is 4. The summed E-state index contributed by atoms with van der Waals surface area (Å²) in [6, 6.07) is 19.4. The van der Waals surface area contributed by atoms with E-state index in [0.717, 1.165) is 35.1 Å². The van der Waals surface area contributed by atoms with Gasteiger partial charge in [-0.2, -0.15) is 4.31 Å². The van der Waals surface area contributed by atoms with Gasteiger partial charge >= 0.3 is 5.97 Å². The molecule has 37 heavy (non-hydrogen) atoms. The van der Waals surface area contributed by atoms with Crippen LogP contribution in [0, 0.1) is 11.8 Å². The number of carboxylic acids is 1. The first-order valence-electron chi connectivity index (χ1n) is 12.0. The fraction of sp³-hybridized carbons (Fsp3) is 0.207. The van der Waals surface area contributed by atoms with Crippen LogP contribution in [0.5, 0.6) is 0 Å². The second-order valence-corrected chi connectivity index (χ2v) is 11.7. The molecule has 2 N–H and O–H groups in total. The lowest BCUT2D eigenvalue weighted by Crippen LogP contribution is -2.59. The quantitative estimate of drug-likeness (QED) is 0.406. The monoisotopic (exact) mass is 511 g/mol. The summed E-state index contributed by atoms with van der Waals surface area (Å²) in [5.41, 5.74) is 6.49. The van der Waals surface area contributed by atoms with Gasteiger partial charge in [0.25, 0.3) is 0 Å². The standard InChI is InChI=1S/C29H25N3O4S/c1-37(35,36)32-17-25(18-32)31-15-23-8-6-19(13-24(23)16-31)5-7-21-3-2-4-26(29(33)34)28(21)22-10-9-20-11-12-30-27(20)14-22/h2-4,6,8-14,25,30H,15-18H2,1H3,(H,33,34). The third kappa shape index (κ3) is 4.42. The molecule has 8 heteroatoms. The molecule has 0 aliphatic carbocycles. The summed E-state index contributed by atoms with van der Waals surface area (Å²) >= 11 is 0. The average molecular weight is 512 g/mol. The number of carboxylic acid groups (broad SMARTS) is 1. The Bertz CT molecular complexity index is 1720. The van der Waals surface area contributed by atoms with Crippen molar-refractivity contribution in [2.45, 2.75) is 19.1 Å². The van der Waals surface area contributed by atoms with E-state index in [4.69, 9.17) is 0 Å². The van der Waals surface area contributed by atoms with E-state index in [1.165, 1.54) is 21.7 Å². The van der Waals surface area contributed by atoms with E-state index >= 15 is 0 Å². The molecule has 3 aromatic carbocycles. The van der Waals surface area contributed by atoms with Crippen LogP contribution in [0.25, 0.3) is 22.0 Å². The molecule has 0 amide bonds. The minimum Gasteiger partial charge on any atom is -0.478 e. The van der Waals surface area contributed by atoms with Gasteiger partial charge in [0.2, 0.25) is 10.0 Å². The second-order valence-electron chi connectivity index (χ2n) is 9.69. The highest BCUT2D eigenvalue weighted by atomic mass is 32.2. The molecule has 0 radical (unpaired) electrons. The van der Waals surface area contributed by atoms with Crippen molar-refractivity contribution in [1.29, 1.82) is 0 Å². The molecule has 7 nitrogen and oxygen atoms in total. The molecule has 0 atom stereocenters. The molecule has 1 aromatic heterocycles. The predicted molar refractivity (Wildman–Crippen MR) is 143 cm³/mol. The number of fused-ring (bicyclic) bond motifs is 2. The number of benzene rings is 3. The molecule has 1 fully saturated rings. The number of rotatable bonds is 4. The van der Waals surface area contributed by atoms with Gasteiger partial charge in [0.15, 0.2) is 0 Å². The first-order valence-corrected chi connectivity index (χ1v) is 13.9. The van der Waals surface area contributed by atoms with Crippen molar-refractivity contribution in [3.63, 3.8) is 0 Å². The number of aromatic carboxylic acids is 1. The summed E-state index contributed by atoms with van der Waals surface area (Å²) < 4.78 is 24.9. The van der Waals surface area contributed by atoms with Crippen molar-refractivity contribution in [3.8, 4) is 23.0 Å². The zero-order valence-corrected chi connectivity index (χ0v) is 21.0. The number of sulfonamides is 1. The van der Waals surface area contributed by atoms with Crippen LogP contribution in [-0.4, -0.2) is 59.1 Å².